The van der Waals surface area contributed by atoms with Crippen LogP contribution in [0.4, 0.5) is 4.39 Å². The highest BCUT2D eigenvalue weighted by Crippen LogP contribution is 2.25. The third kappa shape index (κ3) is 3.62. The minimum Gasteiger partial charge on any atom is -0.437 e. The predicted molar refractivity (Wildman–Crippen MR) is 75.9 cm³/mol. The summed E-state index contributed by atoms with van der Waals surface area (Å²) >= 11 is 1.35. The molecule has 2 aromatic rings. The van der Waals surface area contributed by atoms with Gasteiger partial charge in [-0.1, -0.05) is 29.7 Å². The molecule has 0 radical (unpaired) electrons. The second-order valence-electron chi connectivity index (χ2n) is 4.18. The Morgan fingerprint density at radius 3 is 2.80 bits per heavy atom. The van der Waals surface area contributed by atoms with E-state index in [0.717, 1.165) is 11.5 Å². The Morgan fingerprint density at radius 1 is 1.40 bits per heavy atom. The van der Waals surface area contributed by atoms with Gasteiger partial charge in [-0.15, -0.1) is 0 Å². The van der Waals surface area contributed by atoms with E-state index in [2.05, 4.69) is 16.8 Å². The molecule has 1 heterocycles. The fraction of sp³-hybridized carbons (Fsp3) is 0.267. The number of aliphatic hydroxyl groups excluding tert-OH is 1. The van der Waals surface area contributed by atoms with Crippen LogP contribution in [0.25, 0.3) is 0 Å². The summed E-state index contributed by atoms with van der Waals surface area (Å²) in [7, 11) is 0. The van der Waals surface area contributed by atoms with Gasteiger partial charge in [0.05, 0.1) is 5.69 Å². The third-order valence-corrected chi connectivity index (χ3v) is 3.60. The van der Waals surface area contributed by atoms with E-state index >= 15 is 0 Å². The molecule has 0 aliphatic carbocycles. The van der Waals surface area contributed by atoms with Crippen LogP contribution in [0.15, 0.2) is 27.8 Å². The molecule has 0 aliphatic heterocycles. The normalized spacial score (nSPS) is 10.2. The van der Waals surface area contributed by atoms with Gasteiger partial charge in [-0.2, -0.15) is 0 Å². The van der Waals surface area contributed by atoms with Gasteiger partial charge in [0.25, 0.3) is 5.22 Å². The zero-order valence-electron chi connectivity index (χ0n) is 11.2. The van der Waals surface area contributed by atoms with Crippen LogP contribution in [0.5, 0.6) is 0 Å². The summed E-state index contributed by atoms with van der Waals surface area (Å²) in [5.74, 6) is 6.06. The van der Waals surface area contributed by atoms with Crippen molar-refractivity contribution in [2.45, 2.75) is 24.8 Å². The van der Waals surface area contributed by atoms with Gasteiger partial charge in [0.15, 0.2) is 0 Å². The van der Waals surface area contributed by atoms with Crippen molar-refractivity contribution in [2.24, 2.45) is 0 Å². The zero-order valence-corrected chi connectivity index (χ0v) is 12.1. The molecule has 0 amide bonds. The number of thioether (sulfide) groups is 1. The fourth-order valence-corrected chi connectivity index (χ4v) is 2.43. The second-order valence-corrected chi connectivity index (χ2v) is 5.10. The number of rotatable bonds is 3. The molecule has 20 heavy (non-hydrogen) atoms. The Bertz CT molecular complexity index is 651. The molecule has 0 atom stereocenters. The standard InChI is InChI=1S/C15H14FNO2S/c1-10-11(2)19-15(17-10)20-9-13-6-5-12(4-3-7-18)8-14(13)16/h5-6,8,18H,7,9H2,1-2H3. The lowest BCUT2D eigenvalue weighted by molar-refractivity contribution is 0.350. The first-order valence-corrected chi connectivity index (χ1v) is 7.03. The molecule has 1 aromatic heterocycles. The van der Waals surface area contributed by atoms with Gasteiger partial charge in [0.2, 0.25) is 0 Å². The van der Waals surface area contributed by atoms with E-state index in [1.807, 2.05) is 13.8 Å². The van der Waals surface area contributed by atoms with Gasteiger partial charge in [0.1, 0.15) is 18.2 Å². The SMILES string of the molecule is Cc1nc(SCc2ccc(C#CCO)cc2F)oc1C. The van der Waals surface area contributed by atoms with Gasteiger partial charge in [-0.3, -0.25) is 0 Å². The number of hydrogen-bond donors (Lipinski definition) is 1. The molecule has 5 heteroatoms. The third-order valence-electron chi connectivity index (χ3n) is 2.72. The number of hydrogen-bond acceptors (Lipinski definition) is 4. The van der Waals surface area contributed by atoms with Crippen LogP contribution < -0.4 is 0 Å². The number of oxazole rings is 1. The molecule has 0 saturated heterocycles. The van der Waals surface area contributed by atoms with Crippen molar-refractivity contribution in [1.29, 1.82) is 0 Å². The quantitative estimate of drug-likeness (QED) is 0.697. The van der Waals surface area contributed by atoms with Gasteiger partial charge >= 0.3 is 0 Å². The molecular weight excluding hydrogens is 277 g/mol. The number of nitrogens with zero attached hydrogens (tertiary/aromatic N) is 1. The molecule has 0 fully saturated rings. The highest BCUT2D eigenvalue weighted by molar-refractivity contribution is 7.98. The molecule has 0 spiro atoms. The minimum absolute atomic E-state index is 0.234. The summed E-state index contributed by atoms with van der Waals surface area (Å²) < 4.78 is 19.3. The molecule has 0 bridgehead atoms. The largest absolute Gasteiger partial charge is 0.437 e. The highest BCUT2D eigenvalue weighted by Gasteiger charge is 2.09. The topological polar surface area (TPSA) is 46.3 Å². The first-order chi connectivity index (χ1) is 9.60. The lowest BCUT2D eigenvalue weighted by atomic mass is 10.1. The Morgan fingerprint density at radius 2 is 2.20 bits per heavy atom. The van der Waals surface area contributed by atoms with Crippen molar-refractivity contribution < 1.29 is 13.9 Å². The monoisotopic (exact) mass is 291 g/mol. The van der Waals surface area contributed by atoms with Crippen LogP contribution >= 0.6 is 11.8 Å². The molecule has 3 nitrogen and oxygen atoms in total. The van der Waals surface area contributed by atoms with Gasteiger partial charge < -0.3 is 9.52 Å². The van der Waals surface area contributed by atoms with Crippen molar-refractivity contribution in [2.75, 3.05) is 6.61 Å². The van der Waals surface area contributed by atoms with Crippen LogP contribution in [-0.2, 0) is 5.75 Å². The van der Waals surface area contributed by atoms with Crippen molar-refractivity contribution in [3.05, 3.63) is 46.6 Å². The summed E-state index contributed by atoms with van der Waals surface area (Å²) in [5, 5.41) is 9.14. The molecule has 0 unspecified atom stereocenters. The Balaban J connectivity index is 2.06. The second kappa shape index (κ2) is 6.60. The van der Waals surface area contributed by atoms with E-state index in [-0.39, 0.29) is 12.4 Å². The van der Waals surface area contributed by atoms with E-state index in [4.69, 9.17) is 9.52 Å². The first kappa shape index (κ1) is 14.6. The number of aryl methyl sites for hydroxylation is 2. The number of aromatic nitrogens is 1. The average Bonchev–Trinajstić information content (AvgIpc) is 2.74. The Kier molecular flexibility index (Phi) is 4.83. The van der Waals surface area contributed by atoms with Crippen LogP contribution in [0.2, 0.25) is 0 Å². The van der Waals surface area contributed by atoms with E-state index in [9.17, 15) is 4.39 Å². The first-order valence-electron chi connectivity index (χ1n) is 6.05. The molecule has 1 N–H and O–H groups in total. The predicted octanol–water partition coefficient (Wildman–Crippen LogP) is 3.07. The van der Waals surface area contributed by atoms with E-state index in [1.165, 1.54) is 17.8 Å². The average molecular weight is 291 g/mol. The van der Waals surface area contributed by atoms with Crippen LogP contribution in [0.1, 0.15) is 22.6 Å². The number of aliphatic hydroxyl groups is 1. The minimum atomic E-state index is -0.317. The Hall–Kier alpha value is -1.77. The van der Waals surface area contributed by atoms with Crippen molar-refractivity contribution >= 4 is 11.8 Å². The van der Waals surface area contributed by atoms with E-state index in [0.29, 0.717) is 22.1 Å². The molecular formula is C15H14FNO2S. The van der Waals surface area contributed by atoms with E-state index in [1.54, 1.807) is 12.1 Å². The fourth-order valence-electron chi connectivity index (χ4n) is 1.53. The maximum Gasteiger partial charge on any atom is 0.256 e. The van der Waals surface area contributed by atoms with Crippen LogP contribution in [0.3, 0.4) is 0 Å². The zero-order chi connectivity index (χ0) is 14.5. The summed E-state index contributed by atoms with van der Waals surface area (Å²) in [4.78, 5) is 4.24. The molecule has 104 valence electrons. The smallest absolute Gasteiger partial charge is 0.256 e. The van der Waals surface area contributed by atoms with Crippen molar-refractivity contribution in [3.63, 3.8) is 0 Å². The van der Waals surface area contributed by atoms with Gasteiger partial charge in [-0.05, 0) is 31.5 Å². The lowest BCUT2D eigenvalue weighted by Crippen LogP contribution is -1.89. The summed E-state index contributed by atoms with van der Waals surface area (Å²) in [6.45, 7) is 3.49. The summed E-state index contributed by atoms with van der Waals surface area (Å²) in [6.07, 6.45) is 0. The Labute approximate surface area is 121 Å². The van der Waals surface area contributed by atoms with Crippen LogP contribution in [0, 0.1) is 31.5 Å². The number of benzene rings is 1. The molecule has 2 rings (SSSR count). The highest BCUT2D eigenvalue weighted by atomic mass is 32.2. The lowest BCUT2D eigenvalue weighted by Gasteiger charge is -2.01. The molecule has 0 aliphatic rings. The maximum absolute atomic E-state index is 13.9. The summed E-state index contributed by atoms with van der Waals surface area (Å²) in [6, 6.07) is 4.78. The molecule has 1 aromatic carbocycles. The van der Waals surface area contributed by atoms with Crippen molar-refractivity contribution in [1.82, 2.24) is 4.98 Å². The molecule has 0 saturated carbocycles. The van der Waals surface area contributed by atoms with Gasteiger partial charge in [-0.25, -0.2) is 9.37 Å². The van der Waals surface area contributed by atoms with Crippen LogP contribution in [-0.4, -0.2) is 16.7 Å². The van der Waals surface area contributed by atoms with E-state index < -0.39 is 0 Å². The number of halogens is 1. The van der Waals surface area contributed by atoms with Crippen molar-refractivity contribution in [3.8, 4) is 11.8 Å². The maximum atomic E-state index is 13.9. The summed E-state index contributed by atoms with van der Waals surface area (Å²) in [5.41, 5.74) is 1.97. The van der Waals surface area contributed by atoms with Gasteiger partial charge in [0, 0.05) is 11.3 Å².